The topological polar surface area (TPSA) is 92.3 Å². The van der Waals surface area contributed by atoms with E-state index in [1.165, 1.54) is 11.8 Å². The van der Waals surface area contributed by atoms with E-state index in [0.29, 0.717) is 39.1 Å². The molecule has 0 fully saturated rings. The third-order valence-corrected chi connectivity index (χ3v) is 6.15. The molecule has 1 heterocycles. The lowest BCUT2D eigenvalue weighted by Gasteiger charge is -2.18. The maximum Gasteiger partial charge on any atom is 0.220 e. The van der Waals surface area contributed by atoms with Crippen molar-refractivity contribution in [3.05, 3.63) is 68.4 Å². The summed E-state index contributed by atoms with van der Waals surface area (Å²) < 4.78 is 13.8. The molecule has 166 valence electrons. The van der Waals surface area contributed by atoms with Crippen molar-refractivity contribution in [1.82, 2.24) is 14.8 Å². The van der Waals surface area contributed by atoms with Gasteiger partial charge in [0.25, 0.3) is 0 Å². The van der Waals surface area contributed by atoms with Crippen LogP contribution in [0, 0.1) is 29.4 Å². The van der Waals surface area contributed by atoms with Crippen LogP contribution in [0.5, 0.6) is 11.5 Å². The summed E-state index contributed by atoms with van der Waals surface area (Å²) in [6.45, 7) is 3.85. The number of rotatable bonds is 10. The van der Waals surface area contributed by atoms with Crippen molar-refractivity contribution < 1.29 is 14.4 Å². The van der Waals surface area contributed by atoms with E-state index in [1.807, 2.05) is 48.7 Å². The van der Waals surface area contributed by atoms with Crippen LogP contribution in [0.15, 0.2) is 52.1 Å². The minimum atomic E-state index is -0.548. The SMILES string of the molecule is C#CCOc1c(Br)cc([C@H](C[N+](=O)[O-])Sc2nnc(C)n2-c2ccccc2)cc1OCC. The monoisotopic (exact) mass is 516 g/mol. The first kappa shape index (κ1) is 23.6. The molecule has 0 bridgehead atoms. The molecular weight excluding hydrogens is 496 g/mol. The number of aryl methyl sites for hydroxylation is 1. The Kier molecular flexibility index (Phi) is 8.14. The molecule has 2 aromatic carbocycles. The zero-order valence-corrected chi connectivity index (χ0v) is 19.9. The van der Waals surface area contributed by atoms with E-state index in [9.17, 15) is 10.1 Å². The fourth-order valence-electron chi connectivity index (χ4n) is 3.06. The van der Waals surface area contributed by atoms with Crippen LogP contribution >= 0.6 is 27.7 Å². The number of benzene rings is 2. The van der Waals surface area contributed by atoms with Crippen LogP contribution in [0.4, 0.5) is 0 Å². The second kappa shape index (κ2) is 11.0. The normalized spacial score (nSPS) is 11.6. The Hall–Kier alpha value is -3.03. The molecule has 32 heavy (non-hydrogen) atoms. The predicted molar refractivity (Wildman–Crippen MR) is 126 cm³/mol. The summed E-state index contributed by atoms with van der Waals surface area (Å²) in [5, 5.41) is 20.0. The van der Waals surface area contributed by atoms with Crippen molar-refractivity contribution >= 4 is 27.7 Å². The molecule has 8 nitrogen and oxygen atoms in total. The minimum absolute atomic E-state index is 0.0740. The van der Waals surface area contributed by atoms with Gasteiger partial charge in [0.15, 0.2) is 16.7 Å². The van der Waals surface area contributed by atoms with Crippen LogP contribution in [0.2, 0.25) is 0 Å². The first-order valence-corrected chi connectivity index (χ1v) is 11.4. The van der Waals surface area contributed by atoms with Gasteiger partial charge in [-0.05, 0) is 59.6 Å². The van der Waals surface area contributed by atoms with E-state index in [-0.39, 0.29) is 18.1 Å². The number of thioether (sulfide) groups is 1. The predicted octanol–water partition coefficient (Wildman–Crippen LogP) is 4.86. The second-order valence-corrected chi connectivity index (χ2v) is 8.60. The van der Waals surface area contributed by atoms with Gasteiger partial charge < -0.3 is 9.47 Å². The van der Waals surface area contributed by atoms with E-state index in [1.54, 1.807) is 12.1 Å². The molecule has 0 aliphatic rings. The lowest BCUT2D eigenvalue weighted by Crippen LogP contribution is -2.12. The summed E-state index contributed by atoms with van der Waals surface area (Å²) in [5.41, 5.74) is 1.57. The number of hydrogen-bond acceptors (Lipinski definition) is 7. The fraction of sp³-hybridized carbons (Fsp3) is 0.273. The average Bonchev–Trinajstić information content (AvgIpc) is 3.13. The maximum atomic E-state index is 11.5. The zero-order chi connectivity index (χ0) is 23.1. The van der Waals surface area contributed by atoms with Gasteiger partial charge in [0, 0.05) is 10.6 Å². The van der Waals surface area contributed by atoms with Gasteiger partial charge in [0.05, 0.1) is 11.1 Å². The Morgan fingerprint density at radius 3 is 2.69 bits per heavy atom. The number of para-hydroxylation sites is 1. The van der Waals surface area contributed by atoms with Crippen LogP contribution in [0.1, 0.15) is 23.6 Å². The summed E-state index contributed by atoms with van der Waals surface area (Å²) in [6.07, 6.45) is 5.31. The standard InChI is InChI=1S/C22H21BrN4O4S/c1-4-11-31-21-18(23)12-16(13-19(21)30-5-2)20(14-26(28)29)32-22-25-24-15(3)27(22)17-9-7-6-8-10-17/h1,6-10,12-13,20H,5,11,14H2,2-3H3/t20-/m0/s1. The molecule has 0 amide bonds. The smallest absolute Gasteiger partial charge is 0.220 e. The quantitative estimate of drug-likeness (QED) is 0.164. The third-order valence-electron chi connectivity index (χ3n) is 4.38. The molecule has 1 atom stereocenters. The van der Waals surface area contributed by atoms with E-state index in [4.69, 9.17) is 15.9 Å². The largest absolute Gasteiger partial charge is 0.490 e. The molecule has 0 unspecified atom stereocenters. The minimum Gasteiger partial charge on any atom is -0.490 e. The Balaban J connectivity index is 2.02. The third kappa shape index (κ3) is 5.60. The van der Waals surface area contributed by atoms with Crippen molar-refractivity contribution in [1.29, 1.82) is 0 Å². The number of nitro groups is 1. The lowest BCUT2D eigenvalue weighted by molar-refractivity contribution is -0.479. The lowest BCUT2D eigenvalue weighted by atomic mass is 10.1. The highest BCUT2D eigenvalue weighted by atomic mass is 79.9. The van der Waals surface area contributed by atoms with Crippen LogP contribution in [-0.4, -0.2) is 39.4 Å². The molecule has 0 aliphatic heterocycles. The molecule has 0 spiro atoms. The van der Waals surface area contributed by atoms with Gasteiger partial charge in [-0.15, -0.1) is 16.6 Å². The highest BCUT2D eigenvalue weighted by molar-refractivity contribution is 9.10. The number of hydrogen-bond donors (Lipinski definition) is 0. The highest BCUT2D eigenvalue weighted by Crippen LogP contribution is 2.43. The Labute approximate surface area is 198 Å². The summed E-state index contributed by atoms with van der Waals surface area (Å²) in [7, 11) is 0. The summed E-state index contributed by atoms with van der Waals surface area (Å²) in [6, 6.07) is 13.1. The van der Waals surface area contributed by atoms with Crippen molar-refractivity contribution in [3.8, 4) is 29.5 Å². The Bertz CT molecular complexity index is 1130. The van der Waals surface area contributed by atoms with E-state index < -0.39 is 5.25 Å². The zero-order valence-electron chi connectivity index (χ0n) is 17.5. The van der Waals surface area contributed by atoms with E-state index in [0.717, 1.165) is 5.69 Å². The molecule has 0 N–H and O–H groups in total. The van der Waals surface area contributed by atoms with Crippen molar-refractivity contribution in [2.45, 2.75) is 24.3 Å². The van der Waals surface area contributed by atoms with Gasteiger partial charge in [-0.3, -0.25) is 14.7 Å². The molecule has 3 aromatic rings. The number of halogens is 1. The number of ether oxygens (including phenoxy) is 2. The molecular formula is C22H21BrN4O4S. The van der Waals surface area contributed by atoms with Crippen LogP contribution < -0.4 is 9.47 Å². The summed E-state index contributed by atoms with van der Waals surface area (Å²) >= 11 is 4.76. The van der Waals surface area contributed by atoms with Crippen molar-refractivity contribution in [3.63, 3.8) is 0 Å². The Morgan fingerprint density at radius 1 is 1.28 bits per heavy atom. The summed E-state index contributed by atoms with van der Waals surface area (Å²) in [5.74, 6) is 4.03. The first-order chi connectivity index (χ1) is 15.4. The molecule has 0 radical (unpaired) electrons. The van der Waals surface area contributed by atoms with Gasteiger partial charge in [-0.2, -0.15) is 0 Å². The number of aromatic nitrogens is 3. The van der Waals surface area contributed by atoms with Crippen LogP contribution in [0.25, 0.3) is 5.69 Å². The van der Waals surface area contributed by atoms with Gasteiger partial charge in [-0.25, -0.2) is 0 Å². The molecule has 1 aromatic heterocycles. The second-order valence-electron chi connectivity index (χ2n) is 6.58. The van der Waals surface area contributed by atoms with Crippen molar-refractivity contribution in [2.24, 2.45) is 0 Å². The fourth-order valence-corrected chi connectivity index (χ4v) is 4.79. The molecule has 0 saturated carbocycles. The van der Waals surface area contributed by atoms with Gasteiger partial charge in [-0.1, -0.05) is 35.9 Å². The number of terminal acetylenes is 1. The molecule has 0 saturated heterocycles. The first-order valence-electron chi connectivity index (χ1n) is 9.73. The average molecular weight is 517 g/mol. The Morgan fingerprint density at radius 2 is 2.03 bits per heavy atom. The van der Waals surface area contributed by atoms with Crippen LogP contribution in [-0.2, 0) is 0 Å². The van der Waals surface area contributed by atoms with Gasteiger partial charge in [0.2, 0.25) is 6.54 Å². The molecule has 3 rings (SSSR count). The maximum absolute atomic E-state index is 11.5. The van der Waals surface area contributed by atoms with Crippen LogP contribution in [0.3, 0.4) is 0 Å². The van der Waals surface area contributed by atoms with Gasteiger partial charge >= 0.3 is 0 Å². The van der Waals surface area contributed by atoms with E-state index in [2.05, 4.69) is 32.0 Å². The van der Waals surface area contributed by atoms with E-state index >= 15 is 0 Å². The van der Waals surface area contributed by atoms with Gasteiger partial charge in [0.1, 0.15) is 17.7 Å². The van der Waals surface area contributed by atoms with Crippen molar-refractivity contribution in [2.75, 3.05) is 19.8 Å². The highest BCUT2D eigenvalue weighted by Gasteiger charge is 2.26. The summed E-state index contributed by atoms with van der Waals surface area (Å²) in [4.78, 5) is 11.2. The molecule has 0 aliphatic carbocycles. The number of nitrogens with zero attached hydrogens (tertiary/aromatic N) is 4. The molecule has 10 heteroatoms.